The molecule has 1 rings (SSSR count). The zero-order chi connectivity index (χ0) is 7.28. The van der Waals surface area contributed by atoms with E-state index >= 15 is 0 Å². The van der Waals surface area contributed by atoms with Gasteiger partial charge in [-0.1, -0.05) is 6.92 Å². The maximum Gasteiger partial charge on any atom is 0.316 e. The summed E-state index contributed by atoms with van der Waals surface area (Å²) in [6, 6.07) is 0. The molecule has 1 saturated carbocycles. The van der Waals surface area contributed by atoms with Crippen LogP contribution >= 0.6 is 0 Å². The second-order valence-corrected chi connectivity index (χ2v) is 2.24. The van der Waals surface area contributed by atoms with Crippen LogP contribution in [-0.4, -0.2) is 11.8 Å². The predicted molar refractivity (Wildman–Crippen MR) is 23.4 cm³/mol. The average Bonchev–Trinajstić information content (AvgIpc) is 1.65. The first-order chi connectivity index (χ1) is 3.88. The SMILES string of the molecule is C[C]1CC(F)(F)C1(F)F. The summed E-state index contributed by atoms with van der Waals surface area (Å²) in [6.45, 7) is 1.04. The Labute approximate surface area is 49.9 Å². The van der Waals surface area contributed by atoms with E-state index in [1.807, 2.05) is 0 Å². The van der Waals surface area contributed by atoms with Crippen LogP contribution in [0.4, 0.5) is 17.6 Å². The lowest BCUT2D eigenvalue weighted by Crippen LogP contribution is -2.56. The molecule has 0 unspecified atom stereocenters. The van der Waals surface area contributed by atoms with Gasteiger partial charge in [0.2, 0.25) is 0 Å². The Morgan fingerprint density at radius 3 is 1.67 bits per heavy atom. The summed E-state index contributed by atoms with van der Waals surface area (Å²) in [5.41, 5.74) is 0. The molecular formula is C5H5F4. The van der Waals surface area contributed by atoms with E-state index < -0.39 is 24.2 Å². The molecule has 1 aliphatic carbocycles. The van der Waals surface area contributed by atoms with Gasteiger partial charge in [-0.2, -0.15) is 17.6 Å². The highest BCUT2D eigenvalue weighted by molar-refractivity contribution is 5.20. The molecule has 1 fully saturated rings. The molecule has 0 aromatic rings. The van der Waals surface area contributed by atoms with Gasteiger partial charge >= 0.3 is 11.8 Å². The second-order valence-electron chi connectivity index (χ2n) is 2.24. The fourth-order valence-electron chi connectivity index (χ4n) is 0.761. The van der Waals surface area contributed by atoms with Crippen LogP contribution in [0.25, 0.3) is 0 Å². The van der Waals surface area contributed by atoms with Gasteiger partial charge in [0.15, 0.2) is 0 Å². The molecule has 1 radical (unpaired) electrons. The Morgan fingerprint density at radius 2 is 1.67 bits per heavy atom. The lowest BCUT2D eigenvalue weighted by molar-refractivity contribution is -0.253. The quantitative estimate of drug-likeness (QED) is 0.454. The van der Waals surface area contributed by atoms with Gasteiger partial charge in [-0.15, -0.1) is 0 Å². The molecule has 0 spiro atoms. The molecule has 4 heteroatoms. The Bertz CT molecular complexity index is 129. The van der Waals surface area contributed by atoms with Crippen molar-refractivity contribution < 1.29 is 17.6 Å². The van der Waals surface area contributed by atoms with Gasteiger partial charge in [0.25, 0.3) is 0 Å². The largest absolute Gasteiger partial charge is 0.316 e. The van der Waals surface area contributed by atoms with Crippen molar-refractivity contribution in [2.24, 2.45) is 0 Å². The van der Waals surface area contributed by atoms with E-state index in [1.165, 1.54) is 0 Å². The fraction of sp³-hybridized carbons (Fsp3) is 0.800. The first kappa shape index (κ1) is 6.83. The molecular weight excluding hydrogens is 136 g/mol. The highest BCUT2D eigenvalue weighted by Gasteiger charge is 2.70. The summed E-state index contributed by atoms with van der Waals surface area (Å²) in [4.78, 5) is 0. The predicted octanol–water partition coefficient (Wildman–Crippen LogP) is 2.26. The topological polar surface area (TPSA) is 0 Å². The molecule has 0 N–H and O–H groups in total. The fourth-order valence-corrected chi connectivity index (χ4v) is 0.761. The van der Waals surface area contributed by atoms with Gasteiger partial charge in [-0.05, 0) is 0 Å². The summed E-state index contributed by atoms with van der Waals surface area (Å²) < 4.78 is 47.4. The average molecular weight is 141 g/mol. The Balaban J connectivity index is 2.70. The van der Waals surface area contributed by atoms with Crippen LogP contribution in [0.3, 0.4) is 0 Å². The summed E-state index contributed by atoms with van der Waals surface area (Å²) in [5, 5.41) is 0. The van der Waals surface area contributed by atoms with Crippen molar-refractivity contribution in [3.8, 4) is 0 Å². The first-order valence-corrected chi connectivity index (χ1v) is 2.46. The molecule has 0 aromatic heterocycles. The zero-order valence-corrected chi connectivity index (χ0v) is 4.72. The minimum absolute atomic E-state index is 0.424. The normalized spacial score (nSPS) is 31.7. The van der Waals surface area contributed by atoms with Crippen molar-refractivity contribution in [1.82, 2.24) is 0 Å². The lowest BCUT2D eigenvalue weighted by Gasteiger charge is -2.41. The van der Waals surface area contributed by atoms with Crippen LogP contribution in [0, 0.1) is 5.92 Å². The number of rotatable bonds is 0. The lowest BCUT2D eigenvalue weighted by atomic mass is 9.78. The molecule has 0 amide bonds. The third-order valence-corrected chi connectivity index (χ3v) is 1.48. The zero-order valence-electron chi connectivity index (χ0n) is 4.72. The van der Waals surface area contributed by atoms with Gasteiger partial charge in [0.1, 0.15) is 0 Å². The van der Waals surface area contributed by atoms with E-state index in [0.29, 0.717) is 0 Å². The van der Waals surface area contributed by atoms with E-state index in [-0.39, 0.29) is 0 Å². The van der Waals surface area contributed by atoms with Crippen LogP contribution in [0.15, 0.2) is 0 Å². The van der Waals surface area contributed by atoms with Crippen molar-refractivity contribution in [2.75, 3.05) is 0 Å². The van der Waals surface area contributed by atoms with Gasteiger partial charge in [0.05, 0.1) is 5.92 Å². The summed E-state index contributed by atoms with van der Waals surface area (Å²) in [6.07, 6.45) is -0.764. The molecule has 0 atom stereocenters. The van der Waals surface area contributed by atoms with E-state index in [9.17, 15) is 17.6 Å². The number of alkyl halides is 4. The van der Waals surface area contributed by atoms with Crippen LogP contribution in [-0.2, 0) is 0 Å². The molecule has 0 saturated heterocycles. The maximum absolute atomic E-state index is 11.9. The number of hydrogen-bond donors (Lipinski definition) is 0. The van der Waals surface area contributed by atoms with Gasteiger partial charge in [0, 0.05) is 6.42 Å². The smallest absolute Gasteiger partial charge is 0.200 e. The minimum Gasteiger partial charge on any atom is -0.200 e. The molecule has 0 aromatic carbocycles. The highest BCUT2D eigenvalue weighted by atomic mass is 19.3. The maximum atomic E-state index is 11.9. The highest BCUT2D eigenvalue weighted by Crippen LogP contribution is 2.56. The van der Waals surface area contributed by atoms with Crippen LogP contribution in [0.5, 0.6) is 0 Å². The van der Waals surface area contributed by atoms with Gasteiger partial charge in [-0.3, -0.25) is 0 Å². The second kappa shape index (κ2) is 1.41. The number of hydrogen-bond acceptors (Lipinski definition) is 0. The molecule has 53 valence electrons. The van der Waals surface area contributed by atoms with Crippen molar-refractivity contribution in [1.29, 1.82) is 0 Å². The molecule has 0 bridgehead atoms. The Kier molecular flexibility index (Phi) is 1.07. The van der Waals surface area contributed by atoms with Crippen molar-refractivity contribution >= 4 is 0 Å². The van der Waals surface area contributed by atoms with Gasteiger partial charge in [-0.25, -0.2) is 0 Å². The van der Waals surface area contributed by atoms with Gasteiger partial charge < -0.3 is 0 Å². The van der Waals surface area contributed by atoms with Crippen LogP contribution in [0.1, 0.15) is 13.3 Å². The van der Waals surface area contributed by atoms with E-state index in [2.05, 4.69) is 0 Å². The summed E-state index contributed by atoms with van der Waals surface area (Å²) in [5.74, 6) is -8.04. The van der Waals surface area contributed by atoms with Crippen molar-refractivity contribution in [3.63, 3.8) is 0 Å². The van der Waals surface area contributed by atoms with Crippen LogP contribution in [0.2, 0.25) is 0 Å². The number of halogens is 4. The monoisotopic (exact) mass is 141 g/mol. The van der Waals surface area contributed by atoms with Crippen molar-refractivity contribution in [3.05, 3.63) is 5.92 Å². The van der Waals surface area contributed by atoms with E-state index in [1.54, 1.807) is 0 Å². The third-order valence-electron chi connectivity index (χ3n) is 1.48. The summed E-state index contributed by atoms with van der Waals surface area (Å²) >= 11 is 0. The van der Waals surface area contributed by atoms with Crippen molar-refractivity contribution in [2.45, 2.75) is 25.2 Å². The standard InChI is InChI=1S/C5H5F4/c1-3-2-4(6,7)5(3,8)9/h2H2,1H3. The molecule has 0 aliphatic heterocycles. The van der Waals surface area contributed by atoms with E-state index in [4.69, 9.17) is 0 Å². The molecule has 0 nitrogen and oxygen atoms in total. The Hall–Kier alpha value is -0.280. The molecule has 0 heterocycles. The third kappa shape index (κ3) is 0.650. The molecule has 9 heavy (non-hydrogen) atoms. The Morgan fingerprint density at radius 1 is 1.22 bits per heavy atom. The molecule has 1 aliphatic rings. The first-order valence-electron chi connectivity index (χ1n) is 2.46. The van der Waals surface area contributed by atoms with E-state index in [0.717, 1.165) is 6.92 Å². The summed E-state index contributed by atoms with van der Waals surface area (Å²) in [7, 11) is 0. The van der Waals surface area contributed by atoms with Crippen LogP contribution < -0.4 is 0 Å². The minimum atomic E-state index is -3.84.